The molecule has 0 fully saturated rings. The van der Waals surface area contributed by atoms with Crippen LogP contribution in [0.3, 0.4) is 0 Å². The second-order valence-corrected chi connectivity index (χ2v) is 48.7. The summed E-state index contributed by atoms with van der Waals surface area (Å²) >= 11 is -4.25. The van der Waals surface area contributed by atoms with E-state index in [0.717, 1.165) is 101 Å². The van der Waals surface area contributed by atoms with Gasteiger partial charge in [-0.05, 0) is 22.3 Å². The van der Waals surface area contributed by atoms with Crippen molar-refractivity contribution in [3.05, 3.63) is 364 Å². The van der Waals surface area contributed by atoms with E-state index >= 15 is 0 Å². The summed E-state index contributed by atoms with van der Waals surface area (Å²) in [4.78, 5) is 9.78. The van der Waals surface area contributed by atoms with E-state index in [9.17, 15) is 0 Å². The molecular weight excluding hydrogens is 1310 g/mol. The number of benzene rings is 15. The quantitative estimate of drug-likeness (QED) is 0.0482. The van der Waals surface area contributed by atoms with Gasteiger partial charge in [0.15, 0.2) is 0 Å². The fraction of sp³-hybridized carbons (Fsp3) is 0.0652. The Morgan fingerprint density at radius 2 is 0.306 bits per heavy atom. The first-order valence-electron chi connectivity index (χ1n) is 34.1. The topological polar surface area (TPSA) is 13.0 Å². The molecule has 15 aromatic rings. The molecule has 0 radical (unpaired) electrons. The fourth-order valence-electron chi connectivity index (χ4n) is 13.7. The van der Waals surface area contributed by atoms with Crippen molar-refractivity contribution in [1.29, 1.82) is 0 Å². The molecule has 474 valence electrons. The zero-order valence-corrected chi connectivity index (χ0v) is 60.6. The van der Waals surface area contributed by atoms with Crippen molar-refractivity contribution < 1.29 is 0 Å². The number of hydrogen-bond donors (Lipinski definition) is 0. The van der Waals surface area contributed by atoms with Crippen molar-refractivity contribution in [2.24, 2.45) is 0 Å². The Morgan fingerprint density at radius 1 is 0.153 bits per heavy atom. The van der Waals surface area contributed by atoms with E-state index in [1.54, 1.807) is 0 Å². The van der Waals surface area contributed by atoms with Crippen molar-refractivity contribution in [1.82, 2.24) is 0 Å². The van der Waals surface area contributed by atoms with Gasteiger partial charge >= 0.3 is 420 Å². The number of nitrogens with zero attached hydrogens (tertiary/aromatic N) is 4. The molecule has 15 rings (SSSR count). The summed E-state index contributed by atoms with van der Waals surface area (Å²) in [6.07, 6.45) is 0. The Balaban J connectivity index is 0.897. The molecule has 0 unspecified atom stereocenters. The van der Waals surface area contributed by atoms with Gasteiger partial charge in [-0.1, -0.05) is 146 Å². The van der Waals surface area contributed by atoms with Gasteiger partial charge in [0.1, 0.15) is 0 Å². The van der Waals surface area contributed by atoms with Crippen LogP contribution < -0.4 is 28.4 Å². The van der Waals surface area contributed by atoms with E-state index < -0.39 is 26.5 Å². The SMILES string of the molecule is [CH3][Ge]([CH3])([CH3])[c]1ccc(N(c2ccc(-c3ccccc3)cc2)c2ccc(N(c3ccc(-c4ccccc4)cc3)c3c4ccccc4c(N(c4ccc(-c5ccccc5)cc4)c4ccc(N(c5ccc(-c6ccccc6)cc5)c5cc[c]([Ge]([CH3])([CH3])[CH3])cc5)cc4)c4ccccc34)cc2)cc1. The average Bonchev–Trinajstić information content (AvgIpc) is 0.733. The predicted molar refractivity (Wildman–Crippen MR) is 428 cm³/mol. The van der Waals surface area contributed by atoms with Crippen LogP contribution in [-0.4, -0.2) is 26.5 Å². The van der Waals surface area contributed by atoms with E-state index in [4.69, 9.17) is 0 Å². The van der Waals surface area contributed by atoms with Gasteiger partial charge in [-0.15, -0.1) is 0 Å². The number of fused-ring (bicyclic) bond motifs is 2. The Kier molecular flexibility index (Phi) is 17.6. The van der Waals surface area contributed by atoms with Crippen LogP contribution in [0.15, 0.2) is 364 Å². The molecule has 0 aliphatic heterocycles. The monoisotopic (exact) mass is 1390 g/mol. The summed E-state index contributed by atoms with van der Waals surface area (Å²) < 4.78 is 2.96. The van der Waals surface area contributed by atoms with E-state index in [1.165, 1.54) is 42.2 Å². The van der Waals surface area contributed by atoms with Gasteiger partial charge in [-0.3, -0.25) is 0 Å². The molecule has 98 heavy (non-hydrogen) atoms. The summed E-state index contributed by atoms with van der Waals surface area (Å²) in [6, 6.07) is 134. The van der Waals surface area contributed by atoms with Gasteiger partial charge in [0.25, 0.3) is 0 Å². The Bertz CT molecular complexity index is 4800. The zero-order valence-electron chi connectivity index (χ0n) is 56.4. The van der Waals surface area contributed by atoms with Gasteiger partial charge in [0.2, 0.25) is 0 Å². The Labute approximate surface area is 583 Å². The second kappa shape index (κ2) is 27.3. The molecule has 6 heteroatoms. The molecular formula is C92H78Ge2N4. The van der Waals surface area contributed by atoms with Gasteiger partial charge in [-0.25, -0.2) is 0 Å². The van der Waals surface area contributed by atoms with Crippen molar-refractivity contribution >= 4 is 125 Å². The number of hydrogen-bond acceptors (Lipinski definition) is 4. The third-order valence-corrected chi connectivity index (χ3v) is 27.6. The van der Waals surface area contributed by atoms with Crippen molar-refractivity contribution in [3.63, 3.8) is 0 Å². The van der Waals surface area contributed by atoms with Gasteiger partial charge < -0.3 is 0 Å². The normalized spacial score (nSPS) is 11.6. The summed E-state index contributed by atoms with van der Waals surface area (Å²) in [6.45, 7) is 0. The van der Waals surface area contributed by atoms with Crippen LogP contribution in [0.25, 0.3) is 66.1 Å². The van der Waals surface area contributed by atoms with E-state index in [2.05, 4.69) is 418 Å². The first-order chi connectivity index (χ1) is 47.9. The van der Waals surface area contributed by atoms with Crippen molar-refractivity contribution in [3.8, 4) is 44.5 Å². The standard InChI is InChI=1S/C92H78Ge2N4/c1-93(2,3)75-43-55-79(56-44-75)95(77-47-35-71(36-48-77)67-23-11-7-12-24-67)81-59-63-85(64-60-81)97(83-51-39-73(40-52-83)69-27-15-9-16-28-69)91-87-31-19-21-33-89(87)92(90-34-22-20-32-88(90)91)98(84-53-41-74(42-54-84)70-29-17-10-18-30-70)86-65-61-82(62-66-86)96(80-57-45-76(46-58-80)94(4,5)6)78-49-37-72(38-50-78)68-25-13-8-14-26-68/h7-66H,1-6H3. The average molecular weight is 1380 g/mol. The van der Waals surface area contributed by atoms with Crippen LogP contribution >= 0.6 is 0 Å². The zero-order chi connectivity index (χ0) is 66.7. The minimum absolute atomic E-state index is 1.04. The third kappa shape index (κ3) is 13.0. The van der Waals surface area contributed by atoms with E-state index in [-0.39, 0.29) is 0 Å². The molecule has 0 saturated heterocycles. The van der Waals surface area contributed by atoms with Crippen LogP contribution in [0.4, 0.5) is 68.2 Å². The molecule has 0 aromatic heterocycles. The summed E-state index contributed by atoms with van der Waals surface area (Å²) in [5.41, 5.74) is 22.4. The fourth-order valence-corrected chi connectivity index (χ4v) is 18.6. The third-order valence-electron chi connectivity index (χ3n) is 19.0. The van der Waals surface area contributed by atoms with Gasteiger partial charge in [-0.2, -0.15) is 0 Å². The van der Waals surface area contributed by atoms with Gasteiger partial charge in [0.05, 0.1) is 0 Å². The molecule has 4 nitrogen and oxygen atoms in total. The number of anilines is 12. The number of rotatable bonds is 18. The van der Waals surface area contributed by atoms with Crippen LogP contribution in [-0.2, 0) is 0 Å². The minimum atomic E-state index is -2.12. The molecule has 0 N–H and O–H groups in total. The Hall–Kier alpha value is -10.9. The predicted octanol–water partition coefficient (Wildman–Crippen LogP) is 25.6. The molecule has 0 atom stereocenters. The summed E-state index contributed by atoms with van der Waals surface area (Å²) in [5.74, 6) is 14.8. The van der Waals surface area contributed by atoms with E-state index in [1.807, 2.05) is 0 Å². The van der Waals surface area contributed by atoms with Crippen LogP contribution in [0.1, 0.15) is 0 Å². The molecule has 0 amide bonds. The van der Waals surface area contributed by atoms with Crippen molar-refractivity contribution in [2.75, 3.05) is 19.6 Å². The van der Waals surface area contributed by atoms with Crippen LogP contribution in [0.2, 0.25) is 34.5 Å². The molecule has 15 aromatic carbocycles. The molecule has 0 saturated carbocycles. The first kappa shape index (κ1) is 63.2. The van der Waals surface area contributed by atoms with Gasteiger partial charge in [0, 0.05) is 0 Å². The van der Waals surface area contributed by atoms with Crippen molar-refractivity contribution in [2.45, 2.75) is 34.5 Å². The maximum atomic E-state index is 2.49. The summed E-state index contributed by atoms with van der Waals surface area (Å²) in [5, 5.41) is 4.49. The molecule has 0 spiro atoms. The maximum absolute atomic E-state index is 2.49. The molecule has 0 bridgehead atoms. The Morgan fingerprint density at radius 3 is 0.500 bits per heavy atom. The first-order valence-corrected chi connectivity index (χ1v) is 48.7. The molecule has 0 heterocycles. The second-order valence-electron chi connectivity index (χ2n) is 27.4. The molecule has 0 aliphatic rings. The van der Waals surface area contributed by atoms with Crippen LogP contribution in [0, 0.1) is 0 Å². The summed E-state index contributed by atoms with van der Waals surface area (Å²) in [7, 11) is 0. The van der Waals surface area contributed by atoms with Crippen LogP contribution in [0.5, 0.6) is 0 Å². The van der Waals surface area contributed by atoms with E-state index in [0.29, 0.717) is 0 Å². The molecule has 0 aliphatic carbocycles.